The molecule has 0 aliphatic heterocycles. The molecule has 7 nitrogen and oxygen atoms in total. The molecule has 0 bridgehead atoms. The topological polar surface area (TPSA) is 86.5 Å². The fourth-order valence-electron chi connectivity index (χ4n) is 3.53. The van der Waals surface area contributed by atoms with Crippen LogP contribution in [-0.4, -0.2) is 25.3 Å². The van der Waals surface area contributed by atoms with Crippen molar-refractivity contribution >= 4 is 33.3 Å². The number of esters is 1. The first kappa shape index (κ1) is 17.0. The number of carbonyl (C=O) groups is 1. The fourth-order valence-corrected chi connectivity index (χ4v) is 4.76. The number of rotatable bonds is 3. The molecule has 8 heteroatoms. The Morgan fingerprint density at radius 2 is 1.93 bits per heavy atom. The number of hydrogen-bond acceptors (Lipinski definition) is 7. The van der Waals surface area contributed by atoms with Crippen LogP contribution in [0.4, 0.5) is 0 Å². The predicted molar refractivity (Wildman–Crippen MR) is 105 cm³/mol. The molecule has 0 unspecified atom stereocenters. The van der Waals surface area contributed by atoms with Gasteiger partial charge in [0.1, 0.15) is 6.61 Å². The monoisotopic (exact) mass is 392 g/mol. The molecular formula is C20H16N4O3S. The molecule has 0 fully saturated rings. The summed E-state index contributed by atoms with van der Waals surface area (Å²) in [5, 5.41) is 0. The largest absolute Gasteiger partial charge is 0.456 e. The minimum Gasteiger partial charge on any atom is -0.456 e. The summed E-state index contributed by atoms with van der Waals surface area (Å²) in [6.45, 7) is -0.0500. The Bertz CT molecular complexity index is 1280. The van der Waals surface area contributed by atoms with Crippen molar-refractivity contribution in [3.05, 3.63) is 68.8 Å². The number of nitrogens with zero attached hydrogens (tertiary/aromatic N) is 4. The van der Waals surface area contributed by atoms with Gasteiger partial charge in [-0.15, -0.1) is 11.3 Å². The Morgan fingerprint density at radius 1 is 1.11 bits per heavy atom. The van der Waals surface area contributed by atoms with Gasteiger partial charge in [-0.25, -0.2) is 9.78 Å². The van der Waals surface area contributed by atoms with Crippen LogP contribution >= 0.6 is 11.3 Å². The predicted octanol–water partition coefficient (Wildman–Crippen LogP) is 2.94. The zero-order valence-corrected chi connectivity index (χ0v) is 15.7. The molecule has 0 saturated heterocycles. The van der Waals surface area contributed by atoms with E-state index < -0.39 is 5.97 Å². The maximum Gasteiger partial charge on any atom is 0.338 e. The molecule has 0 N–H and O–H groups in total. The van der Waals surface area contributed by atoms with Crippen molar-refractivity contribution in [2.24, 2.45) is 0 Å². The van der Waals surface area contributed by atoms with E-state index in [4.69, 9.17) is 4.74 Å². The Balaban J connectivity index is 1.39. The van der Waals surface area contributed by atoms with E-state index in [9.17, 15) is 9.59 Å². The lowest BCUT2D eigenvalue weighted by molar-refractivity contribution is 0.0468. The van der Waals surface area contributed by atoms with Gasteiger partial charge in [0.15, 0.2) is 4.96 Å². The van der Waals surface area contributed by atoms with Crippen molar-refractivity contribution in [1.82, 2.24) is 19.4 Å². The highest BCUT2D eigenvalue weighted by molar-refractivity contribution is 7.17. The third-order valence-electron chi connectivity index (χ3n) is 4.87. The molecule has 1 aromatic carbocycles. The third kappa shape index (κ3) is 2.95. The molecule has 3 heterocycles. The number of carbonyl (C=O) groups excluding carboxylic acids is 1. The first-order valence-electron chi connectivity index (χ1n) is 9.10. The molecule has 3 aromatic heterocycles. The minimum atomic E-state index is -0.486. The van der Waals surface area contributed by atoms with Crippen molar-refractivity contribution < 1.29 is 9.53 Å². The maximum atomic E-state index is 12.6. The average molecular weight is 392 g/mol. The Hall–Kier alpha value is -3.13. The average Bonchev–Trinajstić information content (AvgIpc) is 3.10. The van der Waals surface area contributed by atoms with Gasteiger partial charge < -0.3 is 4.74 Å². The number of hydrogen-bond donors (Lipinski definition) is 0. The van der Waals surface area contributed by atoms with Gasteiger partial charge in [-0.3, -0.25) is 19.2 Å². The molecule has 5 rings (SSSR count). The smallest absolute Gasteiger partial charge is 0.338 e. The highest BCUT2D eigenvalue weighted by atomic mass is 32.1. The van der Waals surface area contributed by atoms with E-state index in [1.54, 1.807) is 46.3 Å². The summed E-state index contributed by atoms with van der Waals surface area (Å²) in [5.41, 5.74) is 3.15. The summed E-state index contributed by atoms with van der Waals surface area (Å²) < 4.78 is 7.08. The van der Waals surface area contributed by atoms with E-state index in [1.807, 2.05) is 0 Å². The summed E-state index contributed by atoms with van der Waals surface area (Å²) in [5.74, 6) is -0.486. The summed E-state index contributed by atoms with van der Waals surface area (Å²) in [4.78, 5) is 39.8. The lowest BCUT2D eigenvalue weighted by Gasteiger charge is -2.10. The Morgan fingerprint density at radius 3 is 2.82 bits per heavy atom. The Kier molecular flexibility index (Phi) is 4.12. The summed E-state index contributed by atoms with van der Waals surface area (Å²) in [6.07, 6.45) is 7.33. The SMILES string of the molecule is O=C(OCc1cc(=O)n2c3c(sc2n1)CCCC3)c1ccc2nccnc2c1. The van der Waals surface area contributed by atoms with Crippen molar-refractivity contribution in [3.63, 3.8) is 0 Å². The molecular weight excluding hydrogens is 376 g/mol. The van der Waals surface area contributed by atoms with Gasteiger partial charge in [0.25, 0.3) is 5.56 Å². The van der Waals surface area contributed by atoms with Gasteiger partial charge in [0, 0.05) is 29.0 Å². The number of thiazole rings is 1. The molecule has 1 aliphatic carbocycles. The van der Waals surface area contributed by atoms with Crippen LogP contribution < -0.4 is 5.56 Å². The van der Waals surface area contributed by atoms with Crippen molar-refractivity contribution in [3.8, 4) is 0 Å². The third-order valence-corrected chi connectivity index (χ3v) is 6.01. The second-order valence-corrected chi connectivity index (χ2v) is 7.78. The maximum absolute atomic E-state index is 12.6. The number of ether oxygens (including phenoxy) is 1. The summed E-state index contributed by atoms with van der Waals surface area (Å²) in [7, 11) is 0. The Labute approximate surface area is 163 Å². The van der Waals surface area contributed by atoms with Gasteiger partial charge in [0.05, 0.1) is 22.3 Å². The highest BCUT2D eigenvalue weighted by Gasteiger charge is 2.19. The normalized spacial score (nSPS) is 13.6. The fraction of sp³-hybridized carbons (Fsp3) is 0.250. The first-order chi connectivity index (χ1) is 13.7. The molecule has 0 amide bonds. The standard InChI is InChI=1S/C20H16N4O3S/c25-18-10-13(23-20-24(18)16-3-1-2-4-17(16)28-20)11-27-19(26)12-5-6-14-15(9-12)22-8-7-21-14/h5-10H,1-4,11H2. The number of aryl methyl sites for hydroxylation is 2. The number of aromatic nitrogens is 4. The molecule has 1 aliphatic rings. The van der Waals surface area contributed by atoms with Gasteiger partial charge >= 0.3 is 5.97 Å². The zero-order valence-electron chi connectivity index (χ0n) is 14.9. The van der Waals surface area contributed by atoms with Crippen molar-refractivity contribution in [1.29, 1.82) is 0 Å². The quantitative estimate of drug-likeness (QED) is 0.498. The van der Waals surface area contributed by atoms with E-state index >= 15 is 0 Å². The van der Waals surface area contributed by atoms with Crippen LogP contribution in [0.5, 0.6) is 0 Å². The van der Waals surface area contributed by atoms with Crippen LogP contribution in [0.25, 0.3) is 16.0 Å². The second-order valence-electron chi connectivity index (χ2n) is 6.72. The molecule has 140 valence electrons. The zero-order chi connectivity index (χ0) is 19.1. The molecule has 0 spiro atoms. The van der Waals surface area contributed by atoms with E-state index in [0.717, 1.165) is 31.4 Å². The molecule has 0 saturated carbocycles. The van der Waals surface area contributed by atoms with Gasteiger partial charge in [-0.2, -0.15) is 0 Å². The number of benzene rings is 1. The van der Waals surface area contributed by atoms with Gasteiger partial charge in [0.2, 0.25) is 0 Å². The first-order valence-corrected chi connectivity index (χ1v) is 9.92. The van der Waals surface area contributed by atoms with Crippen LogP contribution in [0.2, 0.25) is 0 Å². The molecule has 0 radical (unpaired) electrons. The van der Waals surface area contributed by atoms with Crippen molar-refractivity contribution in [2.45, 2.75) is 32.3 Å². The molecule has 4 aromatic rings. The molecule has 28 heavy (non-hydrogen) atoms. The summed E-state index contributed by atoms with van der Waals surface area (Å²) in [6, 6.07) is 6.47. The lowest BCUT2D eigenvalue weighted by Crippen LogP contribution is -2.18. The lowest BCUT2D eigenvalue weighted by atomic mass is 10.0. The second kappa shape index (κ2) is 6.79. The summed E-state index contributed by atoms with van der Waals surface area (Å²) >= 11 is 1.56. The highest BCUT2D eigenvalue weighted by Crippen LogP contribution is 2.28. The van der Waals surface area contributed by atoms with Crippen LogP contribution in [0.3, 0.4) is 0 Å². The van der Waals surface area contributed by atoms with Crippen molar-refractivity contribution in [2.75, 3.05) is 0 Å². The van der Waals surface area contributed by atoms with E-state index in [-0.39, 0.29) is 12.2 Å². The van der Waals surface area contributed by atoms with E-state index in [1.165, 1.54) is 10.9 Å². The van der Waals surface area contributed by atoms with Crippen LogP contribution in [0, 0.1) is 0 Å². The molecule has 0 atom stereocenters. The van der Waals surface area contributed by atoms with Crippen LogP contribution in [0.15, 0.2) is 41.5 Å². The van der Waals surface area contributed by atoms with Gasteiger partial charge in [-0.1, -0.05) is 0 Å². The minimum absolute atomic E-state index is 0.0500. The van der Waals surface area contributed by atoms with E-state index in [0.29, 0.717) is 27.3 Å². The number of fused-ring (bicyclic) bond motifs is 4. The van der Waals surface area contributed by atoms with Gasteiger partial charge in [-0.05, 0) is 43.9 Å². The van der Waals surface area contributed by atoms with Crippen LogP contribution in [0.1, 0.15) is 39.5 Å². The van der Waals surface area contributed by atoms with Crippen LogP contribution in [-0.2, 0) is 24.2 Å². The van der Waals surface area contributed by atoms with E-state index in [2.05, 4.69) is 15.0 Å².